The maximum absolute atomic E-state index is 12.9. The number of halogens is 4. The van der Waals surface area contributed by atoms with E-state index in [1.165, 1.54) is 0 Å². The van der Waals surface area contributed by atoms with Gasteiger partial charge in [0, 0.05) is 33.9 Å². The Balaban J connectivity index is 1.03. The van der Waals surface area contributed by atoms with Crippen LogP contribution >= 0.6 is 11.6 Å². The van der Waals surface area contributed by atoms with Gasteiger partial charge in [0.2, 0.25) is 0 Å². The molecule has 4 saturated carbocycles. The van der Waals surface area contributed by atoms with Crippen LogP contribution in [0, 0.1) is 0 Å². The Labute approximate surface area is 197 Å². The van der Waals surface area contributed by atoms with Crippen LogP contribution in [0.1, 0.15) is 67.8 Å². The molecule has 0 radical (unpaired) electrons. The topological polar surface area (TPSA) is 93.8 Å². The number of carbonyl (C=O) groups is 1. The maximum atomic E-state index is 12.9. The van der Waals surface area contributed by atoms with Gasteiger partial charge in [-0.1, -0.05) is 11.6 Å². The van der Waals surface area contributed by atoms with Gasteiger partial charge in [0.25, 0.3) is 5.91 Å². The lowest BCUT2D eigenvalue weighted by Crippen LogP contribution is -2.77. The largest absolute Gasteiger partial charge is 0.522 e. The van der Waals surface area contributed by atoms with Crippen molar-refractivity contribution in [3.8, 4) is 5.75 Å². The van der Waals surface area contributed by atoms with Gasteiger partial charge < -0.3 is 19.6 Å². The number of aliphatic hydroxyl groups excluding tert-OH is 1. The molecular weight excluding hydrogens is 477 g/mol. The summed E-state index contributed by atoms with van der Waals surface area (Å²) in [6.07, 6.45) is -2.74. The number of nitrogens with one attached hydrogen (secondary N) is 1. The molecule has 4 fully saturated rings. The second-order valence-corrected chi connectivity index (χ2v) is 10.5. The number of carbonyl (C=O) groups excluding carboxylic acids is 1. The van der Waals surface area contributed by atoms with Crippen molar-refractivity contribution in [3.63, 3.8) is 0 Å². The maximum Gasteiger partial charge on any atom is 0.522 e. The highest BCUT2D eigenvalue weighted by molar-refractivity contribution is 6.30. The minimum Gasteiger partial charge on any atom is -0.480 e. The molecule has 7 rings (SSSR count). The van der Waals surface area contributed by atoms with Crippen LogP contribution in [0.25, 0.3) is 0 Å². The molecule has 0 unspecified atom stereocenters. The van der Waals surface area contributed by atoms with Crippen molar-refractivity contribution in [1.82, 2.24) is 10.3 Å². The number of nitrogens with zero attached hydrogens (tertiary/aromatic N) is 1. The summed E-state index contributed by atoms with van der Waals surface area (Å²) in [5.74, 6) is 1.17. The summed E-state index contributed by atoms with van der Waals surface area (Å²) in [5, 5.41) is 14.0. The van der Waals surface area contributed by atoms with E-state index in [-0.39, 0.29) is 42.0 Å². The minimum atomic E-state index is -4.63. The van der Waals surface area contributed by atoms with Crippen LogP contribution < -0.4 is 10.1 Å². The third kappa shape index (κ3) is 3.67. The van der Waals surface area contributed by atoms with Crippen LogP contribution in [-0.4, -0.2) is 40.1 Å². The molecule has 7 nitrogen and oxygen atoms in total. The van der Waals surface area contributed by atoms with E-state index in [2.05, 4.69) is 15.0 Å². The van der Waals surface area contributed by atoms with Gasteiger partial charge in [-0.3, -0.25) is 9.53 Å². The van der Waals surface area contributed by atoms with Crippen molar-refractivity contribution in [1.29, 1.82) is 0 Å². The highest BCUT2D eigenvalue weighted by Gasteiger charge is 2.71. The molecule has 1 aromatic heterocycles. The molecule has 5 aliphatic rings. The fourth-order valence-corrected chi connectivity index (χ4v) is 6.06. The summed E-state index contributed by atoms with van der Waals surface area (Å²) >= 11 is 5.98. The Kier molecular flexibility index (Phi) is 4.80. The predicted octanol–water partition coefficient (Wildman–Crippen LogP) is 4.29. The average Bonchev–Trinajstić information content (AvgIpc) is 3.14. The molecule has 2 atom stereocenters. The standard InChI is InChI=1S/C23H22ClF3N2O5/c24-12-1-2-16-14(5-12)15(30)6-17(32-16)19(31)29-22-8-21(9-22,10-22)18-7-28-20(33-18)11-3-13(4-11)34-23(25,26)27/h1-2,5,7,11,13,15,17,30H,3-4,6,8-10H2,(H,29,31)/t11-,13+,15-,17+,21?,22?/m1/s1. The molecule has 0 saturated heterocycles. The van der Waals surface area contributed by atoms with Gasteiger partial charge in [0.15, 0.2) is 12.0 Å². The highest BCUT2D eigenvalue weighted by Crippen LogP contribution is 2.68. The van der Waals surface area contributed by atoms with Crippen molar-refractivity contribution in [3.05, 3.63) is 46.6 Å². The van der Waals surface area contributed by atoms with Gasteiger partial charge in [-0.05, 0) is 50.3 Å². The van der Waals surface area contributed by atoms with Crippen molar-refractivity contribution >= 4 is 17.5 Å². The normalized spacial score (nSPS) is 35.8. The molecule has 1 aliphatic heterocycles. The van der Waals surface area contributed by atoms with Gasteiger partial charge >= 0.3 is 6.36 Å². The zero-order valence-electron chi connectivity index (χ0n) is 17.9. The molecule has 34 heavy (non-hydrogen) atoms. The van der Waals surface area contributed by atoms with E-state index >= 15 is 0 Å². The molecule has 1 aromatic carbocycles. The number of aliphatic hydroxyl groups is 1. The Bertz CT molecular complexity index is 1130. The zero-order valence-corrected chi connectivity index (χ0v) is 18.7. The minimum absolute atomic E-state index is 0.145. The third-order valence-electron chi connectivity index (χ3n) is 7.54. The number of hydrogen-bond acceptors (Lipinski definition) is 6. The van der Waals surface area contributed by atoms with Gasteiger partial charge in [0.1, 0.15) is 11.5 Å². The fourth-order valence-electron chi connectivity index (χ4n) is 5.88. The van der Waals surface area contributed by atoms with E-state index in [0.717, 1.165) is 0 Å². The lowest BCUT2D eigenvalue weighted by Gasteiger charge is -2.69. The Hall–Kier alpha value is -2.30. The van der Waals surface area contributed by atoms with Crippen LogP contribution in [0.15, 0.2) is 28.8 Å². The van der Waals surface area contributed by atoms with Crippen molar-refractivity contribution in [2.45, 2.75) is 80.1 Å². The lowest BCUT2D eigenvalue weighted by atomic mass is 9.38. The monoisotopic (exact) mass is 498 g/mol. The highest BCUT2D eigenvalue weighted by atomic mass is 35.5. The van der Waals surface area contributed by atoms with E-state index < -0.39 is 24.7 Å². The Morgan fingerprint density at radius 1 is 1.24 bits per heavy atom. The molecule has 1 amide bonds. The average molecular weight is 499 g/mol. The molecule has 2 heterocycles. The summed E-state index contributed by atoms with van der Waals surface area (Å²) in [4.78, 5) is 17.1. The zero-order chi connectivity index (χ0) is 23.9. The predicted molar refractivity (Wildman–Crippen MR) is 111 cm³/mol. The van der Waals surface area contributed by atoms with Crippen molar-refractivity contribution < 1.29 is 37.0 Å². The van der Waals surface area contributed by atoms with E-state index in [1.54, 1.807) is 24.4 Å². The molecule has 4 aliphatic carbocycles. The van der Waals surface area contributed by atoms with Gasteiger partial charge in [-0.2, -0.15) is 0 Å². The molecule has 2 aromatic rings. The second kappa shape index (κ2) is 7.35. The number of oxazole rings is 1. The van der Waals surface area contributed by atoms with E-state index in [0.29, 0.717) is 47.2 Å². The molecule has 11 heteroatoms. The number of benzene rings is 1. The van der Waals surface area contributed by atoms with Gasteiger partial charge in [0.05, 0.1) is 18.4 Å². The summed E-state index contributed by atoms with van der Waals surface area (Å²) in [6.45, 7) is 0. The second-order valence-electron chi connectivity index (χ2n) is 10.0. The first-order chi connectivity index (χ1) is 16.0. The number of alkyl halides is 3. The lowest BCUT2D eigenvalue weighted by molar-refractivity contribution is -0.352. The van der Waals surface area contributed by atoms with Crippen LogP contribution in [0.5, 0.6) is 5.75 Å². The van der Waals surface area contributed by atoms with Crippen LogP contribution in [0.3, 0.4) is 0 Å². The van der Waals surface area contributed by atoms with Crippen LogP contribution in [-0.2, 0) is 14.9 Å². The molecule has 2 bridgehead atoms. The smallest absolute Gasteiger partial charge is 0.480 e. The van der Waals surface area contributed by atoms with Crippen molar-refractivity contribution in [2.75, 3.05) is 0 Å². The summed E-state index contributed by atoms with van der Waals surface area (Å²) in [6, 6.07) is 4.94. The van der Waals surface area contributed by atoms with Crippen molar-refractivity contribution in [2.24, 2.45) is 0 Å². The summed E-state index contributed by atoms with van der Waals surface area (Å²) in [7, 11) is 0. The number of hydrogen-bond donors (Lipinski definition) is 2. The number of rotatable bonds is 5. The van der Waals surface area contributed by atoms with E-state index in [1.807, 2.05) is 0 Å². The fraction of sp³-hybridized carbons (Fsp3) is 0.565. The quantitative estimate of drug-likeness (QED) is 0.639. The van der Waals surface area contributed by atoms with Crippen LogP contribution in [0.2, 0.25) is 5.02 Å². The van der Waals surface area contributed by atoms with Gasteiger partial charge in [-0.25, -0.2) is 4.98 Å². The van der Waals surface area contributed by atoms with Gasteiger partial charge in [-0.15, -0.1) is 13.2 Å². The number of ether oxygens (including phenoxy) is 2. The first-order valence-corrected chi connectivity index (χ1v) is 11.6. The molecular formula is C23H22ClF3N2O5. The third-order valence-corrected chi connectivity index (χ3v) is 7.77. The Morgan fingerprint density at radius 3 is 2.68 bits per heavy atom. The van der Waals surface area contributed by atoms with E-state index in [4.69, 9.17) is 20.8 Å². The van der Waals surface area contributed by atoms with E-state index in [9.17, 15) is 23.1 Å². The first kappa shape index (κ1) is 22.2. The number of aromatic nitrogens is 1. The molecule has 182 valence electrons. The van der Waals surface area contributed by atoms with Crippen LogP contribution in [0.4, 0.5) is 13.2 Å². The number of fused-ring (bicyclic) bond motifs is 1. The first-order valence-electron chi connectivity index (χ1n) is 11.2. The molecule has 2 N–H and O–H groups in total. The molecule has 0 spiro atoms. The number of amides is 1. The Morgan fingerprint density at radius 2 is 1.97 bits per heavy atom. The SMILES string of the molecule is O=C(NC12CC(c3cnc([C@H]4C[C@@H](OC(F)(F)F)C4)o3)(C1)C2)[C@@H]1C[C@@H](O)c2cc(Cl)ccc2O1. The summed E-state index contributed by atoms with van der Waals surface area (Å²) in [5.41, 5.74) is 0.0474. The summed E-state index contributed by atoms with van der Waals surface area (Å²) < 4.78 is 52.7.